The maximum Gasteiger partial charge on any atom is 0.416 e. The molecule has 0 spiro atoms. The molecule has 1 unspecified atom stereocenters. The fourth-order valence-electron chi connectivity index (χ4n) is 1.95. The molecular weight excluding hydrogens is 255 g/mol. The molecule has 0 amide bonds. The Morgan fingerprint density at radius 1 is 1.16 bits per heavy atom. The first kappa shape index (κ1) is 13.7. The third-order valence-corrected chi connectivity index (χ3v) is 2.93. The Morgan fingerprint density at radius 3 is 2.32 bits per heavy atom. The Labute approximate surface area is 109 Å². The number of alkyl halides is 3. The van der Waals surface area contributed by atoms with Crippen LogP contribution in [0.1, 0.15) is 29.8 Å². The summed E-state index contributed by atoms with van der Waals surface area (Å²) in [4.78, 5) is 0. The average Bonchev–Trinajstić information content (AvgIpc) is 2.77. The third kappa shape index (κ3) is 3.17. The van der Waals surface area contributed by atoms with Crippen molar-refractivity contribution in [2.75, 3.05) is 0 Å². The molecule has 102 valence electrons. The molecule has 2 rings (SSSR count). The summed E-state index contributed by atoms with van der Waals surface area (Å²) in [6.45, 7) is 2.09. The Hall–Kier alpha value is -1.75. The van der Waals surface area contributed by atoms with Gasteiger partial charge in [0.05, 0.1) is 11.7 Å². The van der Waals surface area contributed by atoms with Crippen molar-refractivity contribution < 1.29 is 18.3 Å². The van der Waals surface area contributed by atoms with E-state index in [1.807, 2.05) is 4.57 Å². The molecule has 0 aliphatic heterocycles. The standard InChI is InChI=1S/C14H14F3NO/c1-10(19)13-3-2-8-18(13)9-11-4-6-12(7-5-11)14(15,16)17/h2-8,10,19H,9H2,1H3. The highest BCUT2D eigenvalue weighted by Crippen LogP contribution is 2.29. The van der Waals surface area contributed by atoms with Crippen molar-refractivity contribution in [1.29, 1.82) is 0 Å². The van der Waals surface area contributed by atoms with E-state index in [2.05, 4.69) is 0 Å². The average molecular weight is 269 g/mol. The maximum atomic E-state index is 12.4. The Balaban J connectivity index is 2.18. The largest absolute Gasteiger partial charge is 0.416 e. The quantitative estimate of drug-likeness (QED) is 0.904. The highest BCUT2D eigenvalue weighted by atomic mass is 19.4. The monoisotopic (exact) mass is 269 g/mol. The fraction of sp³-hybridized carbons (Fsp3) is 0.286. The van der Waals surface area contributed by atoms with Crippen LogP contribution in [0.5, 0.6) is 0 Å². The second-order valence-corrected chi connectivity index (χ2v) is 4.43. The topological polar surface area (TPSA) is 25.2 Å². The van der Waals surface area contributed by atoms with Gasteiger partial charge in [-0.1, -0.05) is 12.1 Å². The summed E-state index contributed by atoms with van der Waals surface area (Å²) in [7, 11) is 0. The van der Waals surface area contributed by atoms with Crippen molar-refractivity contribution in [2.24, 2.45) is 0 Å². The lowest BCUT2D eigenvalue weighted by Gasteiger charge is -2.12. The van der Waals surface area contributed by atoms with Crippen molar-refractivity contribution >= 4 is 0 Å². The molecule has 0 bridgehead atoms. The van der Waals surface area contributed by atoms with E-state index < -0.39 is 17.8 Å². The smallest absolute Gasteiger partial charge is 0.387 e. The van der Waals surface area contributed by atoms with E-state index in [4.69, 9.17) is 0 Å². The van der Waals surface area contributed by atoms with Gasteiger partial charge in [0.15, 0.2) is 0 Å². The number of hydrogen-bond acceptors (Lipinski definition) is 1. The Morgan fingerprint density at radius 2 is 1.79 bits per heavy atom. The number of aliphatic hydroxyl groups excluding tert-OH is 1. The normalized spacial score (nSPS) is 13.5. The van der Waals surface area contributed by atoms with Crippen molar-refractivity contribution in [3.05, 3.63) is 59.4 Å². The van der Waals surface area contributed by atoms with Gasteiger partial charge in [-0.05, 0) is 36.8 Å². The first-order chi connectivity index (χ1) is 8.88. The first-order valence-corrected chi connectivity index (χ1v) is 5.87. The van der Waals surface area contributed by atoms with Gasteiger partial charge in [0.2, 0.25) is 0 Å². The Kier molecular flexibility index (Phi) is 3.66. The number of hydrogen-bond donors (Lipinski definition) is 1. The van der Waals surface area contributed by atoms with Crippen LogP contribution in [0.2, 0.25) is 0 Å². The van der Waals surface area contributed by atoms with Crippen molar-refractivity contribution in [3.8, 4) is 0 Å². The summed E-state index contributed by atoms with van der Waals surface area (Å²) in [6, 6.07) is 8.63. The molecule has 2 aromatic rings. The van der Waals surface area contributed by atoms with E-state index in [9.17, 15) is 18.3 Å². The number of halogens is 3. The van der Waals surface area contributed by atoms with Crippen LogP contribution in [0.3, 0.4) is 0 Å². The minimum Gasteiger partial charge on any atom is -0.387 e. The summed E-state index contributed by atoms with van der Waals surface area (Å²) < 4.78 is 39.1. The van der Waals surface area contributed by atoms with Gasteiger partial charge in [0, 0.05) is 18.4 Å². The van der Waals surface area contributed by atoms with E-state index in [-0.39, 0.29) is 0 Å². The van der Waals surface area contributed by atoms with Crippen LogP contribution in [-0.4, -0.2) is 9.67 Å². The number of benzene rings is 1. The molecular formula is C14H14F3NO. The lowest BCUT2D eigenvalue weighted by atomic mass is 10.1. The number of rotatable bonds is 3. The molecule has 1 atom stereocenters. The van der Waals surface area contributed by atoms with Crippen molar-refractivity contribution in [1.82, 2.24) is 4.57 Å². The van der Waals surface area contributed by atoms with Crippen molar-refractivity contribution in [3.63, 3.8) is 0 Å². The van der Waals surface area contributed by atoms with E-state index >= 15 is 0 Å². The predicted octanol–water partition coefficient (Wildman–Crippen LogP) is 3.61. The second-order valence-electron chi connectivity index (χ2n) is 4.43. The summed E-state index contributed by atoms with van der Waals surface area (Å²) >= 11 is 0. The van der Waals surface area contributed by atoms with Crippen LogP contribution in [0, 0.1) is 0 Å². The van der Waals surface area contributed by atoms with Gasteiger partial charge in [0.1, 0.15) is 0 Å². The molecule has 1 aromatic carbocycles. The van der Waals surface area contributed by atoms with Gasteiger partial charge in [0.25, 0.3) is 0 Å². The number of nitrogens with zero attached hydrogens (tertiary/aromatic N) is 1. The third-order valence-electron chi connectivity index (χ3n) is 2.93. The molecule has 1 heterocycles. The minimum atomic E-state index is -4.31. The van der Waals surface area contributed by atoms with Crippen LogP contribution in [-0.2, 0) is 12.7 Å². The zero-order valence-corrected chi connectivity index (χ0v) is 10.4. The molecule has 2 nitrogen and oxygen atoms in total. The van der Waals surface area contributed by atoms with Crippen LogP contribution < -0.4 is 0 Å². The van der Waals surface area contributed by atoms with Crippen LogP contribution in [0.15, 0.2) is 42.6 Å². The Bertz CT molecular complexity index is 541. The molecule has 0 saturated heterocycles. The molecule has 0 fully saturated rings. The van der Waals surface area contributed by atoms with Gasteiger partial charge in [-0.15, -0.1) is 0 Å². The van der Waals surface area contributed by atoms with Gasteiger partial charge >= 0.3 is 6.18 Å². The molecule has 0 saturated carbocycles. The van der Waals surface area contributed by atoms with E-state index in [1.165, 1.54) is 12.1 Å². The van der Waals surface area contributed by atoms with Crippen LogP contribution >= 0.6 is 0 Å². The molecule has 0 aliphatic carbocycles. The summed E-state index contributed by atoms with van der Waals surface area (Å²) in [6.07, 6.45) is -3.12. The zero-order chi connectivity index (χ0) is 14.0. The first-order valence-electron chi connectivity index (χ1n) is 5.87. The molecule has 0 aliphatic rings. The van der Waals surface area contributed by atoms with Crippen LogP contribution in [0.25, 0.3) is 0 Å². The van der Waals surface area contributed by atoms with Gasteiger partial charge in [-0.2, -0.15) is 13.2 Å². The zero-order valence-electron chi connectivity index (χ0n) is 10.4. The molecule has 5 heteroatoms. The SMILES string of the molecule is CC(O)c1cccn1Cc1ccc(C(F)(F)F)cc1. The number of aliphatic hydroxyl groups is 1. The summed E-state index contributed by atoms with van der Waals surface area (Å²) in [5, 5.41) is 9.55. The fourth-order valence-corrected chi connectivity index (χ4v) is 1.95. The maximum absolute atomic E-state index is 12.4. The molecule has 0 radical (unpaired) electrons. The van der Waals surface area contributed by atoms with Gasteiger partial charge < -0.3 is 9.67 Å². The van der Waals surface area contributed by atoms with E-state index in [0.717, 1.165) is 23.4 Å². The highest BCUT2D eigenvalue weighted by Gasteiger charge is 2.29. The summed E-state index contributed by atoms with van der Waals surface area (Å²) in [5.74, 6) is 0. The van der Waals surface area contributed by atoms with Crippen LogP contribution in [0.4, 0.5) is 13.2 Å². The minimum absolute atomic E-state index is 0.436. The number of aromatic nitrogens is 1. The van der Waals surface area contributed by atoms with E-state index in [0.29, 0.717) is 6.54 Å². The van der Waals surface area contributed by atoms with Crippen molar-refractivity contribution in [2.45, 2.75) is 25.7 Å². The van der Waals surface area contributed by atoms with E-state index in [1.54, 1.807) is 25.3 Å². The second kappa shape index (κ2) is 5.09. The predicted molar refractivity (Wildman–Crippen MR) is 65.6 cm³/mol. The molecule has 19 heavy (non-hydrogen) atoms. The van der Waals surface area contributed by atoms with Gasteiger partial charge in [-0.25, -0.2) is 0 Å². The molecule has 1 N–H and O–H groups in total. The molecule has 1 aromatic heterocycles. The highest BCUT2D eigenvalue weighted by molar-refractivity contribution is 5.25. The van der Waals surface area contributed by atoms with Gasteiger partial charge in [-0.3, -0.25) is 0 Å². The summed E-state index contributed by atoms with van der Waals surface area (Å²) in [5.41, 5.74) is 0.838. The lowest BCUT2D eigenvalue weighted by Crippen LogP contribution is -2.07. The lowest BCUT2D eigenvalue weighted by molar-refractivity contribution is -0.137.